The number of hydrogen-bond acceptors (Lipinski definition) is 7. The van der Waals surface area contributed by atoms with Crippen molar-refractivity contribution in [1.82, 2.24) is 25.2 Å². The Morgan fingerprint density at radius 1 is 0.729 bits per heavy atom. The van der Waals surface area contributed by atoms with E-state index in [4.69, 9.17) is 11.6 Å². The van der Waals surface area contributed by atoms with Crippen LogP contribution in [0.3, 0.4) is 0 Å². The third kappa shape index (κ3) is 5.30. The third-order valence-electron chi connectivity index (χ3n) is 8.23. The first-order valence-electron chi connectivity index (χ1n) is 14.9. The quantitative estimate of drug-likeness (QED) is 0.100. The fourth-order valence-electron chi connectivity index (χ4n) is 6.01. The van der Waals surface area contributed by atoms with Crippen LogP contribution in [-0.2, 0) is 26.6 Å². The molecule has 11 heteroatoms. The SMILES string of the molecule is O=C(Cc1c(S(=O)(=O)c2ccccc2)[nH]c2ccc(Cl)cc12)C(=O)c1nnn(C(c2ccccc2)(c2ccccc2)c2ccccc2)n1. The van der Waals surface area contributed by atoms with Crippen LogP contribution in [0.25, 0.3) is 10.9 Å². The molecule has 0 saturated carbocycles. The summed E-state index contributed by atoms with van der Waals surface area (Å²) in [6.45, 7) is 0. The average molecular weight is 672 g/mol. The summed E-state index contributed by atoms with van der Waals surface area (Å²) in [4.78, 5) is 31.8. The third-order valence-corrected chi connectivity index (χ3v) is 10.2. The number of ketones is 2. The molecule has 0 aliphatic rings. The molecule has 0 amide bonds. The predicted octanol–water partition coefficient (Wildman–Crippen LogP) is 6.48. The number of carbonyl (C=O) groups excluding carboxylic acids is 2. The molecule has 5 aromatic carbocycles. The van der Waals surface area contributed by atoms with Gasteiger partial charge in [-0.2, -0.15) is 0 Å². The standard InChI is InChI=1S/C37H26ClN5O4S/c38-28-21-22-32-30(23-28)31(36(39-32)48(46,47)29-19-11-4-12-20-29)24-33(44)34(45)35-40-42-43(41-35)37(25-13-5-1-6-14-25,26-15-7-2-8-16-26)27-17-9-3-10-18-27/h1-23,39H,24H2. The predicted molar refractivity (Wildman–Crippen MR) is 181 cm³/mol. The number of H-pyrrole nitrogens is 1. The molecule has 0 bridgehead atoms. The van der Waals surface area contributed by atoms with E-state index in [-0.39, 0.29) is 15.5 Å². The molecule has 0 fully saturated rings. The van der Waals surface area contributed by atoms with Gasteiger partial charge in [0.25, 0.3) is 5.78 Å². The highest BCUT2D eigenvalue weighted by atomic mass is 35.5. The molecule has 0 spiro atoms. The van der Waals surface area contributed by atoms with Crippen LogP contribution in [0.15, 0.2) is 149 Å². The fraction of sp³-hybridized carbons (Fsp3) is 0.0541. The number of nitrogens with zero attached hydrogens (tertiary/aromatic N) is 4. The minimum atomic E-state index is -4.10. The summed E-state index contributed by atoms with van der Waals surface area (Å²) in [7, 11) is -4.10. The Morgan fingerprint density at radius 3 is 1.79 bits per heavy atom. The lowest BCUT2D eigenvalue weighted by Gasteiger charge is -2.34. The minimum Gasteiger partial charge on any atom is -0.345 e. The zero-order valence-corrected chi connectivity index (χ0v) is 26.8. The maximum atomic E-state index is 13.7. The molecule has 7 rings (SSSR count). The highest BCUT2D eigenvalue weighted by molar-refractivity contribution is 7.91. The van der Waals surface area contributed by atoms with E-state index in [1.165, 1.54) is 16.9 Å². The Kier molecular flexibility index (Phi) is 8.04. The number of carbonyl (C=O) groups is 2. The van der Waals surface area contributed by atoms with E-state index in [2.05, 4.69) is 20.4 Å². The number of halogens is 1. The summed E-state index contributed by atoms with van der Waals surface area (Å²) >= 11 is 6.28. The number of aromatic amines is 1. The van der Waals surface area contributed by atoms with Crippen LogP contribution in [0.4, 0.5) is 0 Å². The van der Waals surface area contributed by atoms with Crippen LogP contribution in [0, 0.1) is 0 Å². The van der Waals surface area contributed by atoms with E-state index >= 15 is 0 Å². The van der Waals surface area contributed by atoms with Gasteiger partial charge in [-0.1, -0.05) is 121 Å². The van der Waals surface area contributed by atoms with E-state index in [0.717, 1.165) is 16.7 Å². The van der Waals surface area contributed by atoms with Crippen LogP contribution in [0.5, 0.6) is 0 Å². The van der Waals surface area contributed by atoms with Crippen LogP contribution in [0.1, 0.15) is 32.9 Å². The van der Waals surface area contributed by atoms with Gasteiger partial charge in [-0.05, 0) is 52.2 Å². The Labute approximate surface area is 280 Å². The Morgan fingerprint density at radius 2 is 1.25 bits per heavy atom. The molecule has 2 heterocycles. The Bertz CT molecular complexity index is 2280. The molecule has 9 nitrogen and oxygen atoms in total. The lowest BCUT2D eigenvalue weighted by Crippen LogP contribution is -2.39. The Hall–Kier alpha value is -5.71. The number of nitrogens with one attached hydrogen (secondary N) is 1. The maximum absolute atomic E-state index is 13.7. The average Bonchev–Trinajstić information content (AvgIpc) is 3.76. The van der Waals surface area contributed by atoms with Gasteiger partial charge in [0.1, 0.15) is 5.03 Å². The van der Waals surface area contributed by atoms with E-state index < -0.39 is 39.2 Å². The van der Waals surface area contributed by atoms with Gasteiger partial charge < -0.3 is 4.98 Å². The molecule has 0 atom stereocenters. The number of aromatic nitrogens is 5. The molecular weight excluding hydrogens is 646 g/mol. The van der Waals surface area contributed by atoms with Crippen LogP contribution < -0.4 is 0 Å². The lowest BCUT2D eigenvalue weighted by molar-refractivity contribution is -0.114. The summed E-state index contributed by atoms with van der Waals surface area (Å²) in [6.07, 6.45) is -0.545. The molecule has 7 aromatic rings. The van der Waals surface area contributed by atoms with E-state index in [0.29, 0.717) is 15.9 Å². The zero-order chi connectivity index (χ0) is 33.3. The van der Waals surface area contributed by atoms with E-state index in [1.54, 1.807) is 36.4 Å². The number of tetrazole rings is 1. The second kappa shape index (κ2) is 12.5. The van der Waals surface area contributed by atoms with Crippen molar-refractivity contribution in [3.63, 3.8) is 0 Å². The minimum absolute atomic E-state index is 0.0337. The van der Waals surface area contributed by atoms with Gasteiger partial charge in [0.15, 0.2) is 5.54 Å². The van der Waals surface area contributed by atoms with Gasteiger partial charge in [0.05, 0.1) is 4.90 Å². The zero-order valence-electron chi connectivity index (χ0n) is 25.2. The summed E-state index contributed by atoms with van der Waals surface area (Å²) in [5, 5.41) is 13.5. The number of benzene rings is 5. The molecule has 0 saturated heterocycles. The molecule has 48 heavy (non-hydrogen) atoms. The monoisotopic (exact) mass is 671 g/mol. The van der Waals surface area contributed by atoms with Crippen molar-refractivity contribution in [1.29, 1.82) is 0 Å². The lowest BCUT2D eigenvalue weighted by atomic mass is 9.77. The van der Waals surface area contributed by atoms with Crippen molar-refractivity contribution < 1.29 is 18.0 Å². The first-order chi connectivity index (χ1) is 23.3. The van der Waals surface area contributed by atoms with Gasteiger partial charge in [0.2, 0.25) is 21.4 Å². The smallest absolute Gasteiger partial charge is 0.269 e. The van der Waals surface area contributed by atoms with Crippen LogP contribution in [0.2, 0.25) is 5.02 Å². The van der Waals surface area contributed by atoms with Crippen molar-refractivity contribution in [2.24, 2.45) is 0 Å². The second-order valence-corrected chi connectivity index (χ2v) is 13.4. The first kappa shape index (κ1) is 30.9. The maximum Gasteiger partial charge on any atom is 0.269 e. The van der Waals surface area contributed by atoms with Crippen molar-refractivity contribution in [3.05, 3.63) is 173 Å². The van der Waals surface area contributed by atoms with Crippen molar-refractivity contribution in [2.45, 2.75) is 21.9 Å². The summed E-state index contributed by atoms with van der Waals surface area (Å²) < 4.78 is 27.5. The number of sulfone groups is 1. The molecule has 0 aliphatic heterocycles. The summed E-state index contributed by atoms with van der Waals surface area (Å²) in [5.41, 5.74) is 1.83. The van der Waals surface area contributed by atoms with E-state index in [1.807, 2.05) is 91.0 Å². The van der Waals surface area contributed by atoms with Gasteiger partial charge in [-0.25, -0.2) is 8.42 Å². The van der Waals surface area contributed by atoms with E-state index in [9.17, 15) is 18.0 Å². The van der Waals surface area contributed by atoms with Crippen molar-refractivity contribution in [3.8, 4) is 0 Å². The highest BCUT2D eigenvalue weighted by Gasteiger charge is 2.42. The molecule has 0 radical (unpaired) electrons. The topological polar surface area (TPSA) is 128 Å². The molecule has 2 aromatic heterocycles. The van der Waals surface area contributed by atoms with Crippen LogP contribution >= 0.6 is 11.6 Å². The molecule has 1 N–H and O–H groups in total. The fourth-order valence-corrected chi connectivity index (χ4v) is 7.69. The Balaban J connectivity index is 1.32. The second-order valence-electron chi connectivity index (χ2n) is 11.1. The highest BCUT2D eigenvalue weighted by Crippen LogP contribution is 2.39. The van der Waals surface area contributed by atoms with Gasteiger partial charge >= 0.3 is 0 Å². The molecule has 0 aliphatic carbocycles. The van der Waals surface area contributed by atoms with Gasteiger partial charge in [0, 0.05) is 27.9 Å². The van der Waals surface area contributed by atoms with Gasteiger partial charge in [-0.3, -0.25) is 9.59 Å². The largest absolute Gasteiger partial charge is 0.345 e. The number of fused-ring (bicyclic) bond motifs is 1. The number of rotatable bonds is 10. The summed E-state index contributed by atoms with van der Waals surface area (Å²) in [6, 6.07) is 41.4. The first-order valence-corrected chi connectivity index (χ1v) is 16.8. The number of hydrogen-bond donors (Lipinski definition) is 1. The molecule has 236 valence electrons. The van der Waals surface area contributed by atoms with Crippen molar-refractivity contribution in [2.75, 3.05) is 0 Å². The molecular formula is C37H26ClN5O4S. The summed E-state index contributed by atoms with van der Waals surface area (Å²) in [5.74, 6) is -2.34. The molecule has 0 unspecified atom stereocenters. The van der Waals surface area contributed by atoms with Gasteiger partial charge in [-0.15, -0.1) is 15.0 Å². The van der Waals surface area contributed by atoms with Crippen LogP contribution in [-0.4, -0.2) is 45.2 Å². The number of Topliss-reactive ketones (excluding diaryl/α,β-unsaturated/α-hetero) is 2. The van der Waals surface area contributed by atoms with Crippen molar-refractivity contribution >= 4 is 43.9 Å². The normalized spacial score (nSPS) is 11.9.